The third-order valence-corrected chi connectivity index (χ3v) is 6.86. The molecule has 1 aliphatic heterocycles. The summed E-state index contributed by atoms with van der Waals surface area (Å²) in [5.41, 5.74) is 4.42. The zero-order chi connectivity index (χ0) is 25.6. The summed E-state index contributed by atoms with van der Waals surface area (Å²) in [4.78, 5) is 33.3. The van der Waals surface area contributed by atoms with E-state index in [1.54, 1.807) is 24.5 Å². The van der Waals surface area contributed by atoms with Gasteiger partial charge in [-0.25, -0.2) is 0 Å². The molecule has 0 saturated carbocycles. The molecule has 37 heavy (non-hydrogen) atoms. The molecule has 5 rings (SSSR count). The van der Waals surface area contributed by atoms with E-state index in [1.165, 1.54) is 11.8 Å². The maximum Gasteiger partial charge on any atom is 0.277 e. The van der Waals surface area contributed by atoms with Gasteiger partial charge in [0, 0.05) is 61.1 Å². The van der Waals surface area contributed by atoms with Gasteiger partial charge >= 0.3 is 0 Å². The first-order valence-electron chi connectivity index (χ1n) is 11.9. The Morgan fingerprint density at radius 1 is 0.919 bits per heavy atom. The minimum Gasteiger partial charge on any atom is -0.411 e. The number of anilines is 2. The number of hydrogen-bond acceptors (Lipinski definition) is 8. The minimum atomic E-state index is -0.162. The molecule has 4 aromatic rings. The molecule has 1 aliphatic rings. The van der Waals surface area contributed by atoms with Crippen LogP contribution in [0, 0.1) is 6.92 Å². The third-order valence-electron chi connectivity index (χ3n) is 6.04. The summed E-state index contributed by atoms with van der Waals surface area (Å²) in [6.45, 7) is 4.86. The van der Waals surface area contributed by atoms with Gasteiger partial charge in [0.05, 0.1) is 5.75 Å². The van der Waals surface area contributed by atoms with E-state index in [9.17, 15) is 9.59 Å². The molecule has 188 valence electrons. The highest BCUT2D eigenvalue weighted by Gasteiger charge is 2.22. The van der Waals surface area contributed by atoms with Crippen LogP contribution in [0.2, 0.25) is 0 Å². The number of aryl methyl sites for hydroxylation is 1. The van der Waals surface area contributed by atoms with E-state index in [-0.39, 0.29) is 17.6 Å². The number of nitrogens with zero attached hydrogens (tertiary/aromatic N) is 5. The molecular weight excluding hydrogens is 488 g/mol. The molecule has 1 N–H and O–H groups in total. The predicted octanol–water partition coefficient (Wildman–Crippen LogP) is 4.13. The summed E-state index contributed by atoms with van der Waals surface area (Å²) in [5.74, 6) is 0.451. The van der Waals surface area contributed by atoms with E-state index in [0.717, 1.165) is 35.5 Å². The first kappa shape index (κ1) is 24.5. The molecule has 2 aromatic heterocycles. The summed E-state index contributed by atoms with van der Waals surface area (Å²) >= 11 is 1.18. The van der Waals surface area contributed by atoms with Crippen LogP contribution in [-0.4, -0.2) is 63.8 Å². The van der Waals surface area contributed by atoms with Gasteiger partial charge in [-0.1, -0.05) is 29.5 Å². The lowest BCUT2D eigenvalue weighted by Crippen LogP contribution is -2.48. The first-order chi connectivity index (χ1) is 18.0. The standard InChI is InChI=1S/C27H26N6O3S/c1-19-2-4-21(5-3-19)26(35)33-16-14-32(15-17-33)23-8-6-22(7-9-23)29-24(34)18-37-27-31-30-25(36-27)20-10-12-28-13-11-20/h2-13H,14-18H2,1H3,(H,29,34). The van der Waals surface area contributed by atoms with Gasteiger partial charge in [-0.15, -0.1) is 10.2 Å². The number of rotatable bonds is 7. The molecular formula is C27H26N6O3S. The van der Waals surface area contributed by atoms with E-state index in [0.29, 0.717) is 29.9 Å². The van der Waals surface area contributed by atoms with Gasteiger partial charge in [0.15, 0.2) is 0 Å². The lowest BCUT2D eigenvalue weighted by atomic mass is 10.1. The van der Waals surface area contributed by atoms with Gasteiger partial charge in [0.1, 0.15) is 0 Å². The van der Waals surface area contributed by atoms with Crippen LogP contribution < -0.4 is 10.2 Å². The molecule has 10 heteroatoms. The maximum atomic E-state index is 12.8. The summed E-state index contributed by atoms with van der Waals surface area (Å²) in [6, 6.07) is 19.0. The number of thioether (sulfide) groups is 1. The molecule has 0 bridgehead atoms. The van der Waals surface area contributed by atoms with Crippen molar-refractivity contribution in [1.29, 1.82) is 0 Å². The van der Waals surface area contributed by atoms with Crippen molar-refractivity contribution in [1.82, 2.24) is 20.1 Å². The number of carbonyl (C=O) groups is 2. The number of aromatic nitrogens is 3. The van der Waals surface area contributed by atoms with E-state index in [4.69, 9.17) is 4.42 Å². The number of amides is 2. The number of pyridine rings is 1. The van der Waals surface area contributed by atoms with Gasteiger partial charge in [0.2, 0.25) is 11.8 Å². The summed E-state index contributed by atoms with van der Waals surface area (Å²) < 4.78 is 5.61. The number of piperazine rings is 1. The highest BCUT2D eigenvalue weighted by molar-refractivity contribution is 7.99. The summed E-state index contributed by atoms with van der Waals surface area (Å²) in [7, 11) is 0. The van der Waals surface area contributed by atoms with Crippen molar-refractivity contribution in [2.24, 2.45) is 0 Å². The van der Waals surface area contributed by atoms with Crippen LogP contribution in [0.25, 0.3) is 11.5 Å². The number of benzene rings is 2. The molecule has 1 saturated heterocycles. The maximum absolute atomic E-state index is 12.8. The largest absolute Gasteiger partial charge is 0.411 e. The van der Waals surface area contributed by atoms with Crippen molar-refractivity contribution in [3.05, 3.63) is 84.2 Å². The third kappa shape index (κ3) is 6.15. The quantitative estimate of drug-likeness (QED) is 0.367. The normalized spacial score (nSPS) is 13.4. The fourth-order valence-electron chi connectivity index (χ4n) is 4.01. The van der Waals surface area contributed by atoms with Crippen LogP contribution in [-0.2, 0) is 4.79 Å². The fraction of sp³-hybridized carbons (Fsp3) is 0.222. The Morgan fingerprint density at radius 2 is 1.62 bits per heavy atom. The molecule has 0 atom stereocenters. The molecule has 3 heterocycles. The van der Waals surface area contributed by atoms with Gasteiger partial charge < -0.3 is 19.5 Å². The lowest BCUT2D eigenvalue weighted by Gasteiger charge is -2.36. The fourth-order valence-corrected chi connectivity index (χ4v) is 4.57. The molecule has 0 radical (unpaired) electrons. The topological polar surface area (TPSA) is 104 Å². The molecule has 2 amide bonds. The average molecular weight is 515 g/mol. The Balaban J connectivity index is 1.08. The molecule has 2 aromatic carbocycles. The minimum absolute atomic E-state index is 0.0738. The van der Waals surface area contributed by atoms with Crippen molar-refractivity contribution >= 4 is 35.0 Å². The van der Waals surface area contributed by atoms with Crippen LogP contribution in [0.4, 0.5) is 11.4 Å². The second kappa shape index (κ2) is 11.3. The molecule has 0 aliphatic carbocycles. The van der Waals surface area contributed by atoms with E-state index in [1.807, 2.05) is 60.4 Å². The Bertz CT molecular complexity index is 1350. The Kier molecular flexibility index (Phi) is 7.46. The lowest BCUT2D eigenvalue weighted by molar-refractivity contribution is -0.113. The monoisotopic (exact) mass is 514 g/mol. The highest BCUT2D eigenvalue weighted by Crippen LogP contribution is 2.24. The predicted molar refractivity (Wildman–Crippen MR) is 143 cm³/mol. The zero-order valence-corrected chi connectivity index (χ0v) is 21.1. The molecule has 9 nitrogen and oxygen atoms in total. The zero-order valence-electron chi connectivity index (χ0n) is 20.3. The van der Waals surface area contributed by atoms with E-state index in [2.05, 4.69) is 25.4 Å². The Hall–Kier alpha value is -4.18. The molecule has 0 unspecified atom stereocenters. The smallest absolute Gasteiger partial charge is 0.277 e. The van der Waals surface area contributed by atoms with Crippen LogP contribution in [0.3, 0.4) is 0 Å². The van der Waals surface area contributed by atoms with Crippen molar-refractivity contribution in [2.45, 2.75) is 12.1 Å². The molecule has 1 fully saturated rings. The van der Waals surface area contributed by atoms with Gasteiger partial charge in [0.25, 0.3) is 11.1 Å². The van der Waals surface area contributed by atoms with Crippen molar-refractivity contribution in [3.63, 3.8) is 0 Å². The average Bonchev–Trinajstić information content (AvgIpc) is 3.42. The second-order valence-corrected chi connectivity index (χ2v) is 9.56. The van der Waals surface area contributed by atoms with E-state index >= 15 is 0 Å². The SMILES string of the molecule is Cc1ccc(C(=O)N2CCN(c3ccc(NC(=O)CSc4nnc(-c5ccncc5)o4)cc3)CC2)cc1. The van der Waals surface area contributed by atoms with Crippen LogP contribution in [0.15, 0.2) is 82.7 Å². The van der Waals surface area contributed by atoms with Gasteiger partial charge in [-0.2, -0.15) is 0 Å². The van der Waals surface area contributed by atoms with Crippen molar-refractivity contribution in [2.75, 3.05) is 42.1 Å². The van der Waals surface area contributed by atoms with Crippen molar-refractivity contribution in [3.8, 4) is 11.5 Å². The van der Waals surface area contributed by atoms with Crippen LogP contribution in [0.5, 0.6) is 0 Å². The van der Waals surface area contributed by atoms with E-state index < -0.39 is 0 Å². The number of carbonyl (C=O) groups excluding carboxylic acids is 2. The Morgan fingerprint density at radius 3 is 2.32 bits per heavy atom. The summed E-state index contributed by atoms with van der Waals surface area (Å²) in [6.07, 6.45) is 3.30. The summed E-state index contributed by atoms with van der Waals surface area (Å²) in [5, 5.41) is 11.2. The number of nitrogens with one attached hydrogen (secondary N) is 1. The van der Waals surface area contributed by atoms with Crippen LogP contribution in [0.1, 0.15) is 15.9 Å². The van der Waals surface area contributed by atoms with Gasteiger partial charge in [-0.05, 0) is 55.5 Å². The van der Waals surface area contributed by atoms with Crippen LogP contribution >= 0.6 is 11.8 Å². The highest BCUT2D eigenvalue weighted by atomic mass is 32.2. The molecule has 0 spiro atoms. The first-order valence-corrected chi connectivity index (χ1v) is 12.9. The van der Waals surface area contributed by atoms with Gasteiger partial charge in [-0.3, -0.25) is 14.6 Å². The second-order valence-electron chi connectivity index (χ2n) is 8.64. The Labute approximate surface area is 218 Å². The van der Waals surface area contributed by atoms with Crippen molar-refractivity contribution < 1.29 is 14.0 Å². The number of hydrogen-bond donors (Lipinski definition) is 1.